The molecule has 0 aromatic heterocycles. The number of allylic oxidation sites excluding steroid dienone is 2. The van der Waals surface area contributed by atoms with Crippen molar-refractivity contribution in [2.45, 2.75) is 155 Å². The Kier molecular flexibility index (Phi) is 7.50. The molecular weight excluding hydrogens is 577 g/mol. The van der Waals surface area contributed by atoms with Crippen molar-refractivity contribution in [2.75, 3.05) is 0 Å². The number of rotatable bonds is 4. The Morgan fingerprint density at radius 3 is 1.40 bits per heavy atom. The fraction of sp³-hybridized carbons (Fsp3) is 0.900. The highest BCUT2D eigenvalue weighted by atomic mass is 32.3. The standard InChI is InChI=1S/C40H62O4S/c1-25-7-13-33-31-11-9-27-23-29(15-19-39(27,5)35(31)17-21-37(25,33)3)43-45(41,42)44-30-16-20-40(6)28(24-30)10-12-32-34-14-8-26(2)38(34,4)22-18-36(32)40/h27-36H,1-2,7-24H2,3-6H3. The van der Waals surface area contributed by atoms with E-state index in [9.17, 15) is 8.42 Å². The predicted molar refractivity (Wildman–Crippen MR) is 180 cm³/mol. The lowest BCUT2D eigenvalue weighted by Crippen LogP contribution is -2.54. The monoisotopic (exact) mass is 638 g/mol. The molecule has 0 spiro atoms. The van der Waals surface area contributed by atoms with Gasteiger partial charge in [0.25, 0.3) is 0 Å². The SMILES string of the molecule is C=C1CCC2C3CCC4CC(OS(=O)(=O)OC5CCC6(C)C(CCC7C8CCC(=C)C8(C)CCC76)C5)CCC4(C)C3CCC12C. The maximum absolute atomic E-state index is 13.4. The van der Waals surface area contributed by atoms with Gasteiger partial charge in [-0.3, -0.25) is 0 Å². The number of fused-ring (bicyclic) bond motifs is 10. The summed E-state index contributed by atoms with van der Waals surface area (Å²) >= 11 is 0. The van der Waals surface area contributed by atoms with Gasteiger partial charge in [-0.15, -0.1) is 0 Å². The first-order valence-electron chi connectivity index (χ1n) is 19.2. The molecule has 0 heterocycles. The second-order valence-electron chi connectivity index (χ2n) is 18.9. The average molecular weight is 639 g/mol. The Morgan fingerprint density at radius 2 is 0.978 bits per heavy atom. The number of hydrogen-bond donors (Lipinski definition) is 0. The van der Waals surface area contributed by atoms with Gasteiger partial charge in [0, 0.05) is 0 Å². The van der Waals surface area contributed by atoms with Crippen LogP contribution in [-0.2, 0) is 18.8 Å². The topological polar surface area (TPSA) is 52.6 Å². The van der Waals surface area contributed by atoms with E-state index >= 15 is 0 Å². The lowest BCUT2D eigenvalue weighted by atomic mass is 9.45. The molecule has 0 saturated heterocycles. The van der Waals surface area contributed by atoms with Gasteiger partial charge in [-0.25, -0.2) is 8.37 Å². The molecule has 14 unspecified atom stereocenters. The largest absolute Gasteiger partial charge is 0.400 e. The molecule has 0 N–H and O–H groups in total. The summed E-state index contributed by atoms with van der Waals surface area (Å²) in [6.07, 6.45) is 20.5. The molecular formula is C40H62O4S. The molecule has 0 aliphatic heterocycles. The van der Waals surface area contributed by atoms with Crippen LogP contribution in [0.3, 0.4) is 0 Å². The molecule has 8 fully saturated rings. The van der Waals surface area contributed by atoms with E-state index in [1.165, 1.54) is 88.2 Å². The van der Waals surface area contributed by atoms with Crippen LogP contribution in [0.15, 0.2) is 24.3 Å². The molecule has 5 heteroatoms. The van der Waals surface area contributed by atoms with Gasteiger partial charge in [-0.1, -0.05) is 52.0 Å². The van der Waals surface area contributed by atoms with Crippen molar-refractivity contribution in [3.8, 4) is 0 Å². The van der Waals surface area contributed by atoms with E-state index < -0.39 is 10.4 Å². The first-order valence-corrected chi connectivity index (χ1v) is 20.6. The minimum absolute atomic E-state index is 0.230. The third-order valence-corrected chi connectivity index (χ3v) is 18.7. The molecule has 8 saturated carbocycles. The Hall–Kier alpha value is -0.650. The fourth-order valence-electron chi connectivity index (χ4n) is 14.8. The molecule has 0 amide bonds. The van der Waals surface area contributed by atoms with Gasteiger partial charge < -0.3 is 0 Å². The molecule has 0 aromatic rings. The summed E-state index contributed by atoms with van der Waals surface area (Å²) in [6.45, 7) is 19.1. The minimum Gasteiger partial charge on any atom is -0.245 e. The molecule has 14 atom stereocenters. The summed E-state index contributed by atoms with van der Waals surface area (Å²) in [5.41, 5.74) is 4.35. The molecule has 8 aliphatic carbocycles. The van der Waals surface area contributed by atoms with Crippen LogP contribution in [0.25, 0.3) is 0 Å². The first-order chi connectivity index (χ1) is 21.3. The van der Waals surface area contributed by atoms with Crippen LogP contribution >= 0.6 is 0 Å². The third-order valence-electron chi connectivity index (χ3n) is 17.7. The maximum atomic E-state index is 13.4. The molecule has 0 radical (unpaired) electrons. The molecule has 45 heavy (non-hydrogen) atoms. The third kappa shape index (κ3) is 4.72. The average Bonchev–Trinajstić information content (AvgIpc) is 3.47. The van der Waals surface area contributed by atoms with Crippen LogP contribution in [0.2, 0.25) is 0 Å². The zero-order valence-corrected chi connectivity index (χ0v) is 29.8. The van der Waals surface area contributed by atoms with Gasteiger partial charge in [-0.05, 0) is 185 Å². The summed E-state index contributed by atoms with van der Waals surface area (Å²) in [7, 11) is -4.01. The minimum atomic E-state index is -4.01. The zero-order chi connectivity index (χ0) is 31.6. The van der Waals surface area contributed by atoms with Crippen LogP contribution in [0.4, 0.5) is 0 Å². The fourth-order valence-corrected chi connectivity index (χ4v) is 15.8. The van der Waals surface area contributed by atoms with Crippen LogP contribution < -0.4 is 0 Å². The van der Waals surface area contributed by atoms with E-state index in [-0.39, 0.29) is 12.2 Å². The van der Waals surface area contributed by atoms with E-state index in [4.69, 9.17) is 8.37 Å². The van der Waals surface area contributed by atoms with Crippen LogP contribution in [0.1, 0.15) is 143 Å². The molecule has 8 aliphatic rings. The second-order valence-corrected chi connectivity index (χ2v) is 20.1. The van der Waals surface area contributed by atoms with Gasteiger partial charge in [0.15, 0.2) is 0 Å². The summed E-state index contributed by atoms with van der Waals surface area (Å²) in [5.74, 6) is 5.89. The highest BCUT2D eigenvalue weighted by Crippen LogP contribution is 2.69. The van der Waals surface area contributed by atoms with Gasteiger partial charge in [0.05, 0.1) is 12.2 Å². The smallest absolute Gasteiger partial charge is 0.245 e. The summed E-state index contributed by atoms with van der Waals surface area (Å²) in [6, 6.07) is 0. The van der Waals surface area contributed by atoms with Crippen LogP contribution in [0.5, 0.6) is 0 Å². The van der Waals surface area contributed by atoms with Crippen molar-refractivity contribution in [3.63, 3.8) is 0 Å². The van der Waals surface area contributed by atoms with E-state index in [0.717, 1.165) is 74.0 Å². The van der Waals surface area contributed by atoms with Gasteiger partial charge >= 0.3 is 10.4 Å². The molecule has 4 nitrogen and oxygen atoms in total. The highest BCUT2D eigenvalue weighted by molar-refractivity contribution is 7.81. The highest BCUT2D eigenvalue weighted by Gasteiger charge is 2.61. The quantitative estimate of drug-likeness (QED) is 0.288. The summed E-state index contributed by atoms with van der Waals surface area (Å²) in [5, 5.41) is 0. The first kappa shape index (κ1) is 31.6. The van der Waals surface area contributed by atoms with Crippen LogP contribution in [-0.4, -0.2) is 20.6 Å². The molecule has 8 rings (SSSR count). The second kappa shape index (κ2) is 10.7. The van der Waals surface area contributed by atoms with Gasteiger partial charge in [0.1, 0.15) is 0 Å². The van der Waals surface area contributed by atoms with Crippen molar-refractivity contribution in [1.82, 2.24) is 0 Å². The van der Waals surface area contributed by atoms with Crippen molar-refractivity contribution in [3.05, 3.63) is 24.3 Å². The Balaban J connectivity index is 0.879. The van der Waals surface area contributed by atoms with E-state index in [0.29, 0.717) is 33.5 Å². The Morgan fingerprint density at radius 1 is 0.556 bits per heavy atom. The Labute approximate surface area is 275 Å². The summed E-state index contributed by atoms with van der Waals surface area (Å²) in [4.78, 5) is 0. The van der Waals surface area contributed by atoms with Crippen LogP contribution in [0, 0.1) is 69.0 Å². The van der Waals surface area contributed by atoms with Crippen molar-refractivity contribution in [1.29, 1.82) is 0 Å². The lowest BCUT2D eigenvalue weighted by Gasteiger charge is -2.60. The van der Waals surface area contributed by atoms with E-state index in [1.807, 2.05) is 0 Å². The predicted octanol–water partition coefficient (Wildman–Crippen LogP) is 10.2. The zero-order valence-electron chi connectivity index (χ0n) is 29.0. The molecule has 0 aromatic carbocycles. The molecule has 0 bridgehead atoms. The van der Waals surface area contributed by atoms with Gasteiger partial charge in [-0.2, -0.15) is 8.42 Å². The van der Waals surface area contributed by atoms with Crippen molar-refractivity contribution >= 4 is 10.4 Å². The van der Waals surface area contributed by atoms with Crippen molar-refractivity contribution < 1.29 is 16.8 Å². The lowest BCUT2D eigenvalue weighted by molar-refractivity contribution is -0.119. The normalized spacial score (nSPS) is 54.3. The van der Waals surface area contributed by atoms with Gasteiger partial charge in [0.2, 0.25) is 0 Å². The van der Waals surface area contributed by atoms with E-state index in [1.54, 1.807) is 0 Å². The number of hydrogen-bond acceptors (Lipinski definition) is 4. The van der Waals surface area contributed by atoms with E-state index in [2.05, 4.69) is 40.9 Å². The maximum Gasteiger partial charge on any atom is 0.400 e. The van der Waals surface area contributed by atoms with Crippen molar-refractivity contribution in [2.24, 2.45) is 69.0 Å². The molecule has 252 valence electrons. The Bertz CT molecular complexity index is 1240. The summed E-state index contributed by atoms with van der Waals surface area (Å²) < 4.78 is 38.8.